The molecule has 2 rings (SSSR count). The van der Waals surface area contributed by atoms with Gasteiger partial charge >= 0.3 is 0 Å². The fourth-order valence-electron chi connectivity index (χ4n) is 3.93. The highest BCUT2D eigenvalue weighted by Crippen LogP contribution is 2.39. The molecule has 0 bridgehead atoms. The van der Waals surface area contributed by atoms with Crippen LogP contribution in [0.1, 0.15) is 43.7 Å². The Morgan fingerprint density at radius 2 is 1.90 bits per heavy atom. The summed E-state index contributed by atoms with van der Waals surface area (Å²) in [6.45, 7) is 8.61. The first kappa shape index (κ1) is 15.4. The number of rotatable bonds is 4. The van der Waals surface area contributed by atoms with Gasteiger partial charge in [0, 0.05) is 24.7 Å². The van der Waals surface area contributed by atoms with Crippen LogP contribution in [0.4, 0.5) is 5.69 Å². The predicted molar refractivity (Wildman–Crippen MR) is 88.3 cm³/mol. The Morgan fingerprint density at radius 1 is 1.25 bits per heavy atom. The number of nitrogens with zero attached hydrogens (tertiary/aromatic N) is 1. The molecule has 2 heteroatoms. The van der Waals surface area contributed by atoms with Crippen LogP contribution in [0.25, 0.3) is 0 Å². The first-order valence-electron chi connectivity index (χ1n) is 7.94. The van der Waals surface area contributed by atoms with E-state index in [4.69, 9.17) is 5.73 Å². The maximum atomic E-state index is 6.16. The van der Waals surface area contributed by atoms with Gasteiger partial charge < -0.3 is 10.6 Å². The Balaban J connectivity index is 2.14. The van der Waals surface area contributed by atoms with E-state index in [2.05, 4.69) is 50.9 Å². The van der Waals surface area contributed by atoms with Crippen LogP contribution in [0.5, 0.6) is 0 Å². The summed E-state index contributed by atoms with van der Waals surface area (Å²) in [6.07, 6.45) is 5.26. The van der Waals surface area contributed by atoms with Crippen molar-refractivity contribution in [2.24, 2.45) is 17.1 Å². The van der Waals surface area contributed by atoms with Crippen molar-refractivity contribution < 1.29 is 0 Å². The normalized spacial score (nSPS) is 26.6. The van der Waals surface area contributed by atoms with Gasteiger partial charge in [0.15, 0.2) is 0 Å². The van der Waals surface area contributed by atoms with E-state index in [0.29, 0.717) is 5.41 Å². The largest absolute Gasteiger partial charge is 0.374 e. The first-order valence-corrected chi connectivity index (χ1v) is 7.94. The topological polar surface area (TPSA) is 29.3 Å². The fourth-order valence-corrected chi connectivity index (χ4v) is 3.93. The van der Waals surface area contributed by atoms with Gasteiger partial charge in [0.25, 0.3) is 0 Å². The van der Waals surface area contributed by atoms with Crippen molar-refractivity contribution in [3.05, 3.63) is 29.3 Å². The molecule has 1 aliphatic carbocycles. The molecule has 2 unspecified atom stereocenters. The highest BCUT2D eigenvalue weighted by Gasteiger charge is 2.34. The monoisotopic (exact) mass is 274 g/mol. The molecular formula is C18H30N2. The lowest BCUT2D eigenvalue weighted by Gasteiger charge is -2.42. The van der Waals surface area contributed by atoms with Crippen LogP contribution >= 0.6 is 0 Å². The average Bonchev–Trinajstić information content (AvgIpc) is 2.37. The molecule has 1 fully saturated rings. The van der Waals surface area contributed by atoms with Gasteiger partial charge in [-0.25, -0.2) is 0 Å². The van der Waals surface area contributed by atoms with E-state index in [1.807, 2.05) is 0 Å². The quantitative estimate of drug-likeness (QED) is 0.902. The van der Waals surface area contributed by atoms with E-state index in [9.17, 15) is 0 Å². The standard InChI is InChI=1S/C18H30N2/c1-14-6-5-7-18(11-14,12-19)13-20(4)17-9-15(2)8-16(3)10-17/h8-10,14H,5-7,11-13,19H2,1-4H3. The van der Waals surface area contributed by atoms with Crippen molar-refractivity contribution in [1.29, 1.82) is 0 Å². The molecule has 1 aromatic carbocycles. The van der Waals surface area contributed by atoms with Crippen molar-refractivity contribution >= 4 is 5.69 Å². The van der Waals surface area contributed by atoms with Crippen LogP contribution in [0.15, 0.2) is 18.2 Å². The smallest absolute Gasteiger partial charge is 0.0369 e. The third kappa shape index (κ3) is 3.54. The second-order valence-corrected chi connectivity index (χ2v) is 7.11. The summed E-state index contributed by atoms with van der Waals surface area (Å²) in [6, 6.07) is 6.80. The van der Waals surface area contributed by atoms with Gasteiger partial charge in [-0.3, -0.25) is 0 Å². The number of nitrogens with two attached hydrogens (primary N) is 1. The maximum absolute atomic E-state index is 6.16. The Hall–Kier alpha value is -1.02. The minimum atomic E-state index is 0.310. The van der Waals surface area contributed by atoms with Crippen molar-refractivity contribution in [2.45, 2.75) is 46.5 Å². The number of hydrogen-bond acceptors (Lipinski definition) is 2. The van der Waals surface area contributed by atoms with Crippen molar-refractivity contribution in [3.8, 4) is 0 Å². The van der Waals surface area contributed by atoms with Crippen LogP contribution < -0.4 is 10.6 Å². The number of anilines is 1. The van der Waals surface area contributed by atoms with Crippen LogP contribution in [0, 0.1) is 25.2 Å². The molecule has 0 amide bonds. The highest BCUT2D eigenvalue weighted by molar-refractivity contribution is 5.50. The van der Waals surface area contributed by atoms with Crippen molar-refractivity contribution in [2.75, 3.05) is 25.0 Å². The van der Waals surface area contributed by atoms with E-state index < -0.39 is 0 Å². The summed E-state index contributed by atoms with van der Waals surface area (Å²) < 4.78 is 0. The van der Waals surface area contributed by atoms with Crippen molar-refractivity contribution in [1.82, 2.24) is 0 Å². The SMILES string of the molecule is Cc1cc(C)cc(N(C)CC2(CN)CCCC(C)C2)c1. The number of aryl methyl sites for hydroxylation is 2. The zero-order chi connectivity index (χ0) is 14.8. The second kappa shape index (κ2) is 6.17. The average molecular weight is 274 g/mol. The van der Waals surface area contributed by atoms with Gasteiger partial charge in [-0.1, -0.05) is 25.8 Å². The molecular weight excluding hydrogens is 244 g/mol. The van der Waals surface area contributed by atoms with E-state index >= 15 is 0 Å². The molecule has 2 N–H and O–H groups in total. The van der Waals surface area contributed by atoms with E-state index in [-0.39, 0.29) is 0 Å². The summed E-state index contributed by atoms with van der Waals surface area (Å²) in [4.78, 5) is 2.41. The fraction of sp³-hybridized carbons (Fsp3) is 0.667. The molecule has 20 heavy (non-hydrogen) atoms. The third-order valence-electron chi connectivity index (χ3n) is 4.84. The molecule has 0 spiro atoms. The van der Waals surface area contributed by atoms with Gasteiger partial charge in [-0.2, -0.15) is 0 Å². The van der Waals surface area contributed by atoms with Gasteiger partial charge in [0.1, 0.15) is 0 Å². The van der Waals surface area contributed by atoms with E-state index in [1.165, 1.54) is 42.5 Å². The molecule has 1 aliphatic rings. The first-order chi connectivity index (χ1) is 9.44. The molecule has 112 valence electrons. The minimum Gasteiger partial charge on any atom is -0.374 e. The van der Waals surface area contributed by atoms with E-state index in [0.717, 1.165) is 19.0 Å². The zero-order valence-corrected chi connectivity index (χ0v) is 13.6. The summed E-state index contributed by atoms with van der Waals surface area (Å²) in [5, 5.41) is 0. The Bertz CT molecular complexity index is 434. The van der Waals surface area contributed by atoms with Crippen LogP contribution in [0.2, 0.25) is 0 Å². The molecule has 2 atom stereocenters. The molecule has 0 saturated heterocycles. The summed E-state index contributed by atoms with van der Waals surface area (Å²) in [5.74, 6) is 0.819. The number of hydrogen-bond donors (Lipinski definition) is 1. The second-order valence-electron chi connectivity index (χ2n) is 7.11. The Morgan fingerprint density at radius 3 is 2.45 bits per heavy atom. The molecule has 1 saturated carbocycles. The molecule has 0 aromatic heterocycles. The van der Waals surface area contributed by atoms with Crippen molar-refractivity contribution in [3.63, 3.8) is 0 Å². The van der Waals surface area contributed by atoms with Gasteiger partial charge in [-0.05, 0) is 62.4 Å². The molecule has 0 heterocycles. The van der Waals surface area contributed by atoms with Crippen LogP contribution in [-0.4, -0.2) is 20.1 Å². The Labute approximate surface area is 124 Å². The van der Waals surface area contributed by atoms with Gasteiger partial charge in [0.05, 0.1) is 0 Å². The summed E-state index contributed by atoms with van der Waals surface area (Å²) in [7, 11) is 2.21. The molecule has 1 aromatic rings. The Kier molecular flexibility index (Phi) is 4.74. The molecule has 2 nitrogen and oxygen atoms in total. The lowest BCUT2D eigenvalue weighted by Crippen LogP contribution is -2.44. The maximum Gasteiger partial charge on any atom is 0.0369 e. The highest BCUT2D eigenvalue weighted by atomic mass is 15.1. The minimum absolute atomic E-state index is 0.310. The lowest BCUT2D eigenvalue weighted by atomic mass is 9.69. The summed E-state index contributed by atoms with van der Waals surface area (Å²) >= 11 is 0. The van der Waals surface area contributed by atoms with Gasteiger partial charge in [-0.15, -0.1) is 0 Å². The molecule has 0 radical (unpaired) electrons. The van der Waals surface area contributed by atoms with Gasteiger partial charge in [0.2, 0.25) is 0 Å². The predicted octanol–water partition coefficient (Wildman–Crippen LogP) is 3.89. The third-order valence-corrected chi connectivity index (χ3v) is 4.84. The van der Waals surface area contributed by atoms with E-state index in [1.54, 1.807) is 0 Å². The lowest BCUT2D eigenvalue weighted by molar-refractivity contribution is 0.161. The zero-order valence-electron chi connectivity index (χ0n) is 13.6. The molecule has 0 aliphatic heterocycles. The van der Waals surface area contributed by atoms with Crippen LogP contribution in [-0.2, 0) is 0 Å². The number of benzene rings is 1. The summed E-state index contributed by atoms with van der Waals surface area (Å²) in [5.41, 5.74) is 10.5. The van der Waals surface area contributed by atoms with Crippen LogP contribution in [0.3, 0.4) is 0 Å².